The molecule has 6 nitrogen and oxygen atoms in total. The predicted molar refractivity (Wildman–Crippen MR) is 156 cm³/mol. The zero-order valence-electron chi connectivity index (χ0n) is 23.4. The molecule has 4 rings (SSSR count). The fraction of sp³-hybridized carbons (Fsp3) is 0.323. The summed E-state index contributed by atoms with van der Waals surface area (Å²) in [7, 11) is 1.17. The number of hydrogen-bond donors (Lipinski definition) is 2. The third-order valence-corrected chi connectivity index (χ3v) is 7.53. The van der Waals surface area contributed by atoms with Crippen molar-refractivity contribution in [1.82, 2.24) is 5.32 Å². The van der Waals surface area contributed by atoms with Gasteiger partial charge in [-0.1, -0.05) is 62.2 Å². The van der Waals surface area contributed by atoms with E-state index < -0.39 is 34.8 Å². The Morgan fingerprint density at radius 2 is 1.86 bits per heavy atom. The first-order valence-electron chi connectivity index (χ1n) is 12.9. The average molecular weight is 620 g/mol. The molecule has 3 atom stereocenters. The molecule has 2 N–H and O–H groups in total. The van der Waals surface area contributed by atoms with Crippen molar-refractivity contribution in [2.75, 3.05) is 19.0 Å². The standard InChI is InChI=1S/C22H22Cl2F2N2.C9H8FNO3/c1-21(2,3)10-19-22(12-27,15-8-7-13(23)9-18(15)25)16(11-28-19)14-5-4-6-17(24)20(14)26;1-14-9(13)7-3-2-6(11-5-12)4-8(7)10/h4-9,16,19,28H,10-11H2,1-3H3;2-5H,1H3,(H,11,12)/t16?,19?,22-;/m1./s1. The molecule has 3 aromatic carbocycles. The van der Waals surface area contributed by atoms with Gasteiger partial charge in [0.2, 0.25) is 6.41 Å². The zero-order valence-corrected chi connectivity index (χ0v) is 24.9. The van der Waals surface area contributed by atoms with Crippen LogP contribution >= 0.6 is 23.2 Å². The highest BCUT2D eigenvalue weighted by atomic mass is 35.5. The Balaban J connectivity index is 0.000000291. The number of esters is 1. The second-order valence-electron chi connectivity index (χ2n) is 11.0. The quantitative estimate of drug-likeness (QED) is 0.221. The Morgan fingerprint density at radius 3 is 2.43 bits per heavy atom. The summed E-state index contributed by atoms with van der Waals surface area (Å²) in [6.45, 7) is 6.51. The van der Waals surface area contributed by atoms with Crippen molar-refractivity contribution in [1.29, 1.82) is 5.26 Å². The Labute approximate surface area is 252 Å². The number of rotatable bonds is 6. The van der Waals surface area contributed by atoms with E-state index in [1.807, 2.05) is 0 Å². The Hall–Kier alpha value is -3.58. The minimum Gasteiger partial charge on any atom is -0.465 e. The lowest BCUT2D eigenvalue weighted by molar-refractivity contribution is -0.105. The number of benzene rings is 3. The van der Waals surface area contributed by atoms with E-state index in [1.54, 1.807) is 24.3 Å². The maximum Gasteiger partial charge on any atom is 0.340 e. The summed E-state index contributed by atoms with van der Waals surface area (Å²) in [4.78, 5) is 21.0. The maximum atomic E-state index is 15.0. The maximum absolute atomic E-state index is 15.0. The molecule has 11 heteroatoms. The molecule has 1 amide bonds. The van der Waals surface area contributed by atoms with E-state index in [0.29, 0.717) is 24.9 Å². The SMILES string of the molecule is CC(C)(C)CC1NCC(c2cccc(Cl)c2F)[C@@]1(C#N)c1ccc(Cl)cc1F.COC(=O)c1ccc(NC=O)cc1F. The number of hydrogen-bond acceptors (Lipinski definition) is 5. The molecule has 1 saturated heterocycles. The third-order valence-electron chi connectivity index (χ3n) is 7.00. The summed E-state index contributed by atoms with van der Waals surface area (Å²) < 4.78 is 47.4. The molecule has 1 aliphatic heterocycles. The number of ether oxygens (including phenoxy) is 1. The molecule has 1 aliphatic rings. The number of carbonyl (C=O) groups is 2. The molecule has 42 heavy (non-hydrogen) atoms. The van der Waals surface area contributed by atoms with E-state index in [1.165, 1.54) is 31.4 Å². The smallest absolute Gasteiger partial charge is 0.340 e. The largest absolute Gasteiger partial charge is 0.465 e. The Bertz CT molecular complexity index is 1510. The van der Waals surface area contributed by atoms with Gasteiger partial charge in [0.25, 0.3) is 0 Å². The molecular weight excluding hydrogens is 590 g/mol. The zero-order chi connectivity index (χ0) is 31.2. The Morgan fingerprint density at radius 1 is 1.14 bits per heavy atom. The average Bonchev–Trinajstić information content (AvgIpc) is 3.27. The topological polar surface area (TPSA) is 91.2 Å². The van der Waals surface area contributed by atoms with E-state index in [4.69, 9.17) is 23.2 Å². The monoisotopic (exact) mass is 619 g/mol. The van der Waals surface area contributed by atoms with Crippen LogP contribution in [0.25, 0.3) is 0 Å². The molecule has 3 aromatic rings. The van der Waals surface area contributed by atoms with Gasteiger partial charge in [-0.15, -0.1) is 0 Å². The summed E-state index contributed by atoms with van der Waals surface area (Å²) in [5, 5.41) is 16.2. The minimum absolute atomic E-state index is 0.0137. The van der Waals surface area contributed by atoms with Crippen molar-refractivity contribution >= 4 is 41.3 Å². The van der Waals surface area contributed by atoms with Gasteiger partial charge >= 0.3 is 5.97 Å². The molecule has 0 aromatic heterocycles. The van der Waals surface area contributed by atoms with Gasteiger partial charge in [-0.2, -0.15) is 5.26 Å². The summed E-state index contributed by atoms with van der Waals surface area (Å²) in [6, 6.07) is 14.7. The van der Waals surface area contributed by atoms with Crippen molar-refractivity contribution in [3.05, 3.63) is 98.8 Å². The van der Waals surface area contributed by atoms with Crippen LogP contribution in [0.2, 0.25) is 10.0 Å². The van der Waals surface area contributed by atoms with Gasteiger partial charge in [-0.05, 0) is 53.8 Å². The van der Waals surface area contributed by atoms with Crippen LogP contribution in [0.1, 0.15) is 54.6 Å². The van der Waals surface area contributed by atoms with Crippen LogP contribution in [0.3, 0.4) is 0 Å². The van der Waals surface area contributed by atoms with Crippen LogP contribution in [0.15, 0.2) is 54.6 Å². The molecule has 0 radical (unpaired) electrons. The van der Waals surface area contributed by atoms with Gasteiger partial charge in [0, 0.05) is 34.8 Å². The highest BCUT2D eigenvalue weighted by Gasteiger charge is 2.55. The van der Waals surface area contributed by atoms with Gasteiger partial charge in [0.05, 0.1) is 23.8 Å². The minimum atomic E-state index is -1.30. The lowest BCUT2D eigenvalue weighted by Crippen LogP contribution is -2.44. The Kier molecular flexibility index (Phi) is 10.7. The van der Waals surface area contributed by atoms with Crippen molar-refractivity contribution in [3.63, 3.8) is 0 Å². The fourth-order valence-electron chi connectivity index (χ4n) is 5.18. The molecule has 0 bridgehead atoms. The van der Waals surface area contributed by atoms with E-state index in [0.717, 1.165) is 6.07 Å². The predicted octanol–water partition coefficient (Wildman–Crippen LogP) is 7.41. The fourth-order valence-corrected chi connectivity index (χ4v) is 5.52. The second kappa shape index (κ2) is 13.6. The highest BCUT2D eigenvalue weighted by molar-refractivity contribution is 6.31. The van der Waals surface area contributed by atoms with E-state index in [9.17, 15) is 23.6 Å². The van der Waals surface area contributed by atoms with E-state index in [-0.39, 0.29) is 38.3 Å². The van der Waals surface area contributed by atoms with Crippen LogP contribution in [0.4, 0.5) is 18.9 Å². The number of nitrogens with zero attached hydrogens (tertiary/aromatic N) is 1. The molecule has 1 heterocycles. The first-order valence-corrected chi connectivity index (χ1v) is 13.7. The number of nitriles is 1. The summed E-state index contributed by atoms with van der Waals surface area (Å²) in [5.74, 6) is -3.21. The molecular formula is C31H30Cl2F3N3O3. The molecule has 1 fully saturated rings. The second-order valence-corrected chi connectivity index (χ2v) is 11.8. The number of amides is 1. The van der Waals surface area contributed by atoms with Gasteiger partial charge in [-0.3, -0.25) is 4.79 Å². The van der Waals surface area contributed by atoms with Gasteiger partial charge in [0.1, 0.15) is 22.9 Å². The van der Waals surface area contributed by atoms with Crippen molar-refractivity contribution in [3.8, 4) is 6.07 Å². The molecule has 0 saturated carbocycles. The summed E-state index contributed by atoms with van der Waals surface area (Å²) in [6.07, 6.45) is 1.04. The van der Waals surface area contributed by atoms with Crippen LogP contribution in [-0.2, 0) is 14.9 Å². The normalized spacial score (nSPS) is 19.7. The number of nitrogens with one attached hydrogen (secondary N) is 2. The molecule has 0 aliphatic carbocycles. The number of anilines is 1. The van der Waals surface area contributed by atoms with Crippen LogP contribution in [-0.4, -0.2) is 32.1 Å². The van der Waals surface area contributed by atoms with Crippen LogP contribution in [0, 0.1) is 34.2 Å². The highest BCUT2D eigenvalue weighted by Crippen LogP contribution is 2.50. The van der Waals surface area contributed by atoms with Crippen molar-refractivity contribution in [2.24, 2.45) is 5.41 Å². The molecule has 222 valence electrons. The van der Waals surface area contributed by atoms with Crippen LogP contribution in [0.5, 0.6) is 0 Å². The van der Waals surface area contributed by atoms with Gasteiger partial charge < -0.3 is 15.4 Å². The van der Waals surface area contributed by atoms with Crippen LogP contribution < -0.4 is 10.6 Å². The molecule has 0 spiro atoms. The van der Waals surface area contributed by atoms with Crippen molar-refractivity contribution in [2.45, 2.75) is 44.6 Å². The van der Waals surface area contributed by atoms with Gasteiger partial charge in [-0.25, -0.2) is 18.0 Å². The first-order chi connectivity index (χ1) is 19.8. The van der Waals surface area contributed by atoms with Crippen molar-refractivity contribution < 1.29 is 27.5 Å². The lowest BCUT2D eigenvalue weighted by Gasteiger charge is -2.37. The van der Waals surface area contributed by atoms with E-state index >= 15 is 4.39 Å². The number of halogens is 5. The number of methoxy groups -OCH3 is 1. The molecule has 2 unspecified atom stereocenters. The van der Waals surface area contributed by atoms with E-state index in [2.05, 4.69) is 42.2 Å². The third kappa shape index (κ3) is 7.06. The summed E-state index contributed by atoms with van der Waals surface area (Å²) in [5.41, 5.74) is -0.762. The summed E-state index contributed by atoms with van der Waals surface area (Å²) >= 11 is 11.9. The first kappa shape index (κ1) is 32.9. The van der Waals surface area contributed by atoms with Gasteiger partial charge in [0.15, 0.2) is 0 Å². The lowest BCUT2D eigenvalue weighted by atomic mass is 9.64. The number of carbonyl (C=O) groups excluding carboxylic acids is 2.